The number of imidazole rings is 1. The molecule has 0 radical (unpaired) electrons. The molecule has 3 heterocycles. The molecule has 0 spiro atoms. The van der Waals surface area contributed by atoms with E-state index in [2.05, 4.69) is 0 Å². The van der Waals surface area contributed by atoms with Gasteiger partial charge >= 0.3 is 11.8 Å². The number of ether oxygens (including phenoxy) is 1. The Balaban J connectivity index is 1.63. The van der Waals surface area contributed by atoms with Crippen LogP contribution in [0.2, 0.25) is 0 Å². The number of rotatable bonds is 5. The lowest BCUT2D eigenvalue weighted by molar-refractivity contribution is 0.0190. The summed E-state index contributed by atoms with van der Waals surface area (Å²) in [5.74, 6) is -1.56. The summed E-state index contributed by atoms with van der Waals surface area (Å²) < 4.78 is 58.8. The lowest BCUT2D eigenvalue weighted by Crippen LogP contribution is -2.58. The largest absolute Gasteiger partial charge is 0.444 e. The molecule has 1 saturated heterocycles. The van der Waals surface area contributed by atoms with E-state index in [4.69, 9.17) is 14.6 Å². The van der Waals surface area contributed by atoms with Crippen molar-refractivity contribution < 1.29 is 22.5 Å². The SMILES string of the molecule is CCS(=N)(=O)c1ccc(-n2ccn(C3(C)C4CN(C(=O)OC(C)(C)C)CCC4=NN3c3cc(C)c(F)c(C)c3)c2=O)c(F)c1. The van der Waals surface area contributed by atoms with Crippen LogP contribution in [0.25, 0.3) is 5.69 Å². The summed E-state index contributed by atoms with van der Waals surface area (Å²) in [5.41, 5.74) is -0.392. The number of likely N-dealkylation sites (tertiary alicyclic amines) is 1. The fourth-order valence-electron chi connectivity index (χ4n) is 5.91. The third kappa shape index (κ3) is 5.31. The Hall–Kier alpha value is -4.00. The van der Waals surface area contributed by atoms with Crippen LogP contribution in [0.15, 0.2) is 57.5 Å². The van der Waals surface area contributed by atoms with Crippen molar-refractivity contribution in [1.29, 1.82) is 4.78 Å². The van der Waals surface area contributed by atoms with E-state index in [1.54, 1.807) is 63.6 Å². The van der Waals surface area contributed by atoms with E-state index in [9.17, 15) is 18.2 Å². The topological polar surface area (TPSA) is 113 Å². The van der Waals surface area contributed by atoms with Gasteiger partial charge in [0.05, 0.1) is 31.9 Å². The van der Waals surface area contributed by atoms with Crippen LogP contribution in [0.5, 0.6) is 0 Å². The number of piperidine rings is 1. The Labute approximate surface area is 255 Å². The van der Waals surface area contributed by atoms with Crippen LogP contribution in [0.3, 0.4) is 0 Å². The van der Waals surface area contributed by atoms with Gasteiger partial charge in [-0.3, -0.25) is 9.13 Å². The number of anilines is 1. The summed E-state index contributed by atoms with van der Waals surface area (Å²) in [6.45, 7) is 12.7. The summed E-state index contributed by atoms with van der Waals surface area (Å²) in [6, 6.07) is 7.11. The Morgan fingerprint density at radius 2 is 1.82 bits per heavy atom. The second-order valence-electron chi connectivity index (χ2n) is 12.5. The number of aryl methyl sites for hydroxylation is 2. The summed E-state index contributed by atoms with van der Waals surface area (Å²) in [7, 11) is -3.16. The molecule has 1 fully saturated rings. The Morgan fingerprint density at radius 1 is 1.16 bits per heavy atom. The molecule has 236 valence electrons. The van der Waals surface area contributed by atoms with Crippen LogP contribution < -0.4 is 10.7 Å². The van der Waals surface area contributed by atoms with E-state index in [0.717, 1.165) is 16.3 Å². The Bertz CT molecular complexity index is 1820. The van der Waals surface area contributed by atoms with Gasteiger partial charge in [-0.1, -0.05) is 6.92 Å². The van der Waals surface area contributed by atoms with Gasteiger partial charge in [-0.05, 0) is 83.0 Å². The maximum absolute atomic E-state index is 15.4. The molecule has 0 bridgehead atoms. The summed E-state index contributed by atoms with van der Waals surface area (Å²) in [6.07, 6.45) is 2.94. The van der Waals surface area contributed by atoms with Crippen LogP contribution in [0, 0.1) is 36.2 Å². The van der Waals surface area contributed by atoms with E-state index >= 15 is 4.39 Å². The Morgan fingerprint density at radius 3 is 2.41 bits per heavy atom. The number of fused-ring (bicyclic) bond motifs is 1. The van der Waals surface area contributed by atoms with E-state index in [0.29, 0.717) is 29.8 Å². The van der Waals surface area contributed by atoms with Gasteiger partial charge in [0.15, 0.2) is 0 Å². The van der Waals surface area contributed by atoms with Gasteiger partial charge in [0.25, 0.3) is 0 Å². The summed E-state index contributed by atoms with van der Waals surface area (Å²) >= 11 is 0. The molecule has 10 nitrogen and oxygen atoms in total. The predicted molar refractivity (Wildman–Crippen MR) is 165 cm³/mol. The fraction of sp³-hybridized carbons (Fsp3) is 0.452. The minimum absolute atomic E-state index is 0.0304. The van der Waals surface area contributed by atoms with Crippen molar-refractivity contribution in [2.75, 3.05) is 23.9 Å². The number of nitrogens with zero attached hydrogens (tertiary/aromatic N) is 5. The van der Waals surface area contributed by atoms with E-state index in [1.807, 2.05) is 6.92 Å². The van der Waals surface area contributed by atoms with Crippen molar-refractivity contribution >= 4 is 27.2 Å². The average molecular weight is 629 g/mol. The molecule has 3 atom stereocenters. The van der Waals surface area contributed by atoms with Crippen molar-refractivity contribution in [2.45, 2.75) is 71.0 Å². The number of carbonyl (C=O) groups is 1. The molecule has 44 heavy (non-hydrogen) atoms. The zero-order chi connectivity index (χ0) is 32.4. The van der Waals surface area contributed by atoms with Crippen LogP contribution in [0.1, 0.15) is 52.2 Å². The third-order valence-electron chi connectivity index (χ3n) is 8.31. The summed E-state index contributed by atoms with van der Waals surface area (Å²) in [4.78, 5) is 28.9. The number of aromatic nitrogens is 2. The van der Waals surface area contributed by atoms with Crippen LogP contribution in [-0.4, -0.2) is 54.5 Å². The molecule has 1 N–H and O–H groups in total. The van der Waals surface area contributed by atoms with Crippen LogP contribution in [0.4, 0.5) is 19.3 Å². The molecular formula is C31H38F2N6O4S. The first-order valence-electron chi connectivity index (χ1n) is 14.5. The number of hydrazone groups is 1. The zero-order valence-electron chi connectivity index (χ0n) is 26.0. The molecule has 2 aliphatic heterocycles. The molecule has 2 aliphatic rings. The summed E-state index contributed by atoms with van der Waals surface area (Å²) in [5, 5.41) is 6.62. The number of amides is 1. The number of benzene rings is 2. The molecular weight excluding hydrogens is 590 g/mol. The number of nitrogens with one attached hydrogen (secondary N) is 1. The quantitative estimate of drug-likeness (QED) is 0.386. The minimum Gasteiger partial charge on any atom is -0.444 e. The van der Waals surface area contributed by atoms with Gasteiger partial charge in [-0.25, -0.2) is 32.4 Å². The molecule has 13 heteroatoms. The molecule has 2 aromatic carbocycles. The highest BCUT2D eigenvalue weighted by Gasteiger charge is 2.53. The zero-order valence-corrected chi connectivity index (χ0v) is 26.8. The van der Waals surface area contributed by atoms with E-state index in [1.165, 1.54) is 29.1 Å². The van der Waals surface area contributed by atoms with E-state index < -0.39 is 44.5 Å². The van der Waals surface area contributed by atoms with Gasteiger partial charge in [-0.15, -0.1) is 0 Å². The number of hydrogen-bond donors (Lipinski definition) is 1. The van der Waals surface area contributed by atoms with Crippen molar-refractivity contribution in [3.8, 4) is 5.69 Å². The second kappa shape index (κ2) is 10.9. The first kappa shape index (κ1) is 31.4. The van der Waals surface area contributed by atoms with Crippen LogP contribution in [-0.2, 0) is 20.1 Å². The maximum atomic E-state index is 15.4. The van der Waals surface area contributed by atoms with Gasteiger partial charge < -0.3 is 9.64 Å². The lowest BCUT2D eigenvalue weighted by Gasteiger charge is -2.43. The molecule has 0 aliphatic carbocycles. The molecule has 1 aromatic heterocycles. The normalized spacial score (nSPS) is 21.6. The van der Waals surface area contributed by atoms with Gasteiger partial charge in [0, 0.05) is 43.4 Å². The standard InChI is InChI=1S/C31H38F2N6O4S/c1-8-44(34,42)22-9-10-26(24(32)17-22)37-13-14-38(28(37)40)31(7)23-18-36(29(41)43-30(4,5)6)12-11-25(23)35-39(31)21-15-19(2)27(33)20(3)16-21/h9-10,13-17,23,34H,8,11-12,18H2,1-7H3. The lowest BCUT2D eigenvalue weighted by atomic mass is 9.85. The molecule has 3 unspecified atom stereocenters. The number of hydrogen-bond acceptors (Lipinski definition) is 7. The van der Waals surface area contributed by atoms with Crippen LogP contribution >= 0.6 is 0 Å². The highest BCUT2D eigenvalue weighted by Crippen LogP contribution is 2.44. The first-order chi connectivity index (χ1) is 20.5. The Kier molecular flexibility index (Phi) is 7.76. The van der Waals surface area contributed by atoms with Crippen molar-refractivity contribution in [2.24, 2.45) is 11.0 Å². The molecule has 1 amide bonds. The molecule has 0 saturated carbocycles. The van der Waals surface area contributed by atoms with Crippen molar-refractivity contribution in [1.82, 2.24) is 14.0 Å². The molecule has 5 rings (SSSR count). The molecule has 3 aromatic rings. The highest BCUT2D eigenvalue weighted by molar-refractivity contribution is 7.92. The smallest absolute Gasteiger partial charge is 0.410 e. The van der Waals surface area contributed by atoms with Gasteiger partial charge in [-0.2, -0.15) is 5.10 Å². The number of carbonyl (C=O) groups excluding carboxylic acids is 1. The minimum atomic E-state index is -3.16. The fourth-order valence-corrected chi connectivity index (χ4v) is 6.83. The average Bonchev–Trinajstić information content (AvgIpc) is 3.48. The first-order valence-corrected chi connectivity index (χ1v) is 16.2. The third-order valence-corrected chi connectivity index (χ3v) is 10.1. The maximum Gasteiger partial charge on any atom is 0.410 e. The van der Waals surface area contributed by atoms with E-state index in [-0.39, 0.29) is 28.7 Å². The van der Waals surface area contributed by atoms with Gasteiger partial charge in [0.1, 0.15) is 22.9 Å². The van der Waals surface area contributed by atoms with Crippen molar-refractivity contribution in [3.05, 3.63) is 76.0 Å². The number of halogens is 2. The van der Waals surface area contributed by atoms with Gasteiger partial charge in [0.2, 0.25) is 0 Å². The predicted octanol–water partition coefficient (Wildman–Crippen LogP) is 5.77. The highest BCUT2D eigenvalue weighted by atomic mass is 32.2. The monoisotopic (exact) mass is 628 g/mol. The van der Waals surface area contributed by atoms with Crippen molar-refractivity contribution in [3.63, 3.8) is 0 Å². The second-order valence-corrected chi connectivity index (χ2v) is 14.9.